The second-order valence-electron chi connectivity index (χ2n) is 10.6. The molecule has 6 rings (SSSR count). The van der Waals surface area contributed by atoms with Gasteiger partial charge >= 0.3 is 0 Å². The standard InChI is InChI=1S/C27H35FN8O3S/c1-4-36-22(17-34-11-8-18(9-12-34)33(2)40(3,37)38)30-24-26(35-13-15-39-16-14-35)31-25(32-27(24)36)23-19-7-10-29-21(19)6-5-20(23)28/h5-7,10,18,29H,4,8-9,11-17H2,1-3H3. The first-order valence-electron chi connectivity index (χ1n) is 13.8. The molecular formula is C27H35FN8O3S. The molecule has 1 aromatic carbocycles. The van der Waals surface area contributed by atoms with Gasteiger partial charge in [-0.25, -0.2) is 32.1 Å². The molecule has 0 saturated carbocycles. The number of imidazole rings is 1. The van der Waals surface area contributed by atoms with E-state index >= 15 is 4.39 Å². The number of H-pyrrole nitrogens is 1. The van der Waals surface area contributed by atoms with Crippen LogP contribution < -0.4 is 4.90 Å². The van der Waals surface area contributed by atoms with Gasteiger partial charge in [0.1, 0.15) is 11.6 Å². The van der Waals surface area contributed by atoms with E-state index in [2.05, 4.69) is 26.3 Å². The number of benzene rings is 1. The minimum atomic E-state index is -3.22. The molecule has 5 heterocycles. The molecule has 0 unspecified atom stereocenters. The zero-order chi connectivity index (χ0) is 28.0. The number of halogens is 1. The van der Waals surface area contributed by atoms with Crippen LogP contribution in [-0.4, -0.2) is 101 Å². The van der Waals surface area contributed by atoms with Gasteiger partial charge in [0.15, 0.2) is 22.8 Å². The SMILES string of the molecule is CCn1c(CN2CCC(N(C)S(C)(=O)=O)CC2)nc2c(N3CCOCC3)nc(-c3c(F)ccc4[nH]ccc34)nc21. The first kappa shape index (κ1) is 27.1. The summed E-state index contributed by atoms with van der Waals surface area (Å²) in [5.74, 6) is 1.53. The molecule has 2 aliphatic heterocycles. The monoisotopic (exact) mass is 570 g/mol. The number of hydrogen-bond donors (Lipinski definition) is 1. The quantitative estimate of drug-likeness (QED) is 0.361. The first-order valence-corrected chi connectivity index (χ1v) is 15.6. The van der Waals surface area contributed by atoms with Crippen LogP contribution >= 0.6 is 0 Å². The second-order valence-corrected chi connectivity index (χ2v) is 12.6. The summed E-state index contributed by atoms with van der Waals surface area (Å²) in [7, 11) is -1.56. The van der Waals surface area contributed by atoms with E-state index < -0.39 is 10.0 Å². The van der Waals surface area contributed by atoms with Crippen LogP contribution in [0.25, 0.3) is 33.5 Å². The zero-order valence-corrected chi connectivity index (χ0v) is 23.9. The second kappa shape index (κ2) is 10.7. The number of fused-ring (bicyclic) bond motifs is 2. The highest BCUT2D eigenvalue weighted by atomic mass is 32.2. The molecule has 1 N–H and O–H groups in total. The van der Waals surface area contributed by atoms with E-state index in [9.17, 15) is 8.42 Å². The molecule has 2 fully saturated rings. The van der Waals surface area contributed by atoms with Crippen LogP contribution in [0.5, 0.6) is 0 Å². The maximum Gasteiger partial charge on any atom is 0.211 e. The van der Waals surface area contributed by atoms with Crippen molar-refractivity contribution in [3.05, 3.63) is 36.0 Å². The highest BCUT2D eigenvalue weighted by Gasteiger charge is 2.29. The minimum absolute atomic E-state index is 0.00336. The Morgan fingerprint density at radius 2 is 1.85 bits per heavy atom. The number of ether oxygens (including phenoxy) is 1. The first-order chi connectivity index (χ1) is 19.2. The Morgan fingerprint density at radius 1 is 1.10 bits per heavy atom. The van der Waals surface area contributed by atoms with Crippen LogP contribution in [-0.2, 0) is 27.8 Å². The normalized spacial score (nSPS) is 18.0. The fraction of sp³-hybridized carbons (Fsp3) is 0.519. The Kier molecular flexibility index (Phi) is 7.23. The molecule has 0 amide bonds. The van der Waals surface area contributed by atoms with Gasteiger partial charge in [-0.3, -0.25) is 4.90 Å². The summed E-state index contributed by atoms with van der Waals surface area (Å²) in [6, 6.07) is 5.02. The lowest BCUT2D eigenvalue weighted by molar-refractivity contribution is 0.122. The highest BCUT2D eigenvalue weighted by Crippen LogP contribution is 2.34. The van der Waals surface area contributed by atoms with Gasteiger partial charge in [0.25, 0.3) is 0 Å². The summed E-state index contributed by atoms with van der Waals surface area (Å²) >= 11 is 0. The number of hydrogen-bond acceptors (Lipinski definition) is 8. The Balaban J connectivity index is 1.39. The van der Waals surface area contributed by atoms with Crippen LogP contribution in [0.4, 0.5) is 10.2 Å². The van der Waals surface area contributed by atoms with Gasteiger partial charge < -0.3 is 19.2 Å². The fourth-order valence-electron chi connectivity index (χ4n) is 5.84. The van der Waals surface area contributed by atoms with Crippen LogP contribution in [0.1, 0.15) is 25.6 Å². The number of rotatable bonds is 7. The van der Waals surface area contributed by atoms with Crippen molar-refractivity contribution in [3.63, 3.8) is 0 Å². The lowest BCUT2D eigenvalue weighted by Crippen LogP contribution is -2.45. The number of aryl methyl sites for hydroxylation is 1. The average Bonchev–Trinajstić information content (AvgIpc) is 3.56. The number of sulfonamides is 1. The Bertz CT molecular complexity index is 1640. The summed E-state index contributed by atoms with van der Waals surface area (Å²) in [5.41, 5.74) is 2.58. The van der Waals surface area contributed by atoms with E-state index in [1.807, 2.05) is 6.07 Å². The van der Waals surface area contributed by atoms with Gasteiger partial charge in [-0.1, -0.05) is 0 Å². The average molecular weight is 571 g/mol. The Morgan fingerprint density at radius 3 is 2.55 bits per heavy atom. The van der Waals surface area contributed by atoms with E-state index in [-0.39, 0.29) is 11.9 Å². The lowest BCUT2D eigenvalue weighted by Gasteiger charge is -2.35. The van der Waals surface area contributed by atoms with Crippen molar-refractivity contribution in [2.45, 2.75) is 38.9 Å². The molecule has 11 nitrogen and oxygen atoms in total. The van der Waals surface area contributed by atoms with Gasteiger partial charge in [-0.15, -0.1) is 0 Å². The maximum absolute atomic E-state index is 15.3. The van der Waals surface area contributed by atoms with Crippen molar-refractivity contribution in [3.8, 4) is 11.4 Å². The molecule has 0 radical (unpaired) electrons. The molecule has 3 aromatic heterocycles. The smallest absolute Gasteiger partial charge is 0.211 e. The molecule has 214 valence electrons. The van der Waals surface area contributed by atoms with Crippen LogP contribution in [0.2, 0.25) is 0 Å². The largest absolute Gasteiger partial charge is 0.378 e. The van der Waals surface area contributed by atoms with Crippen LogP contribution in [0.3, 0.4) is 0 Å². The number of aromatic nitrogens is 5. The van der Waals surface area contributed by atoms with Gasteiger partial charge in [-0.05, 0) is 38.0 Å². The molecule has 40 heavy (non-hydrogen) atoms. The van der Waals surface area contributed by atoms with Crippen LogP contribution in [0.15, 0.2) is 24.4 Å². The third kappa shape index (κ3) is 4.95. The van der Waals surface area contributed by atoms with Crippen molar-refractivity contribution in [2.75, 3.05) is 57.6 Å². The van der Waals surface area contributed by atoms with Gasteiger partial charge in [0.2, 0.25) is 10.0 Å². The molecule has 0 spiro atoms. The molecule has 0 bridgehead atoms. The maximum atomic E-state index is 15.3. The third-order valence-corrected chi connectivity index (χ3v) is 9.49. The van der Waals surface area contributed by atoms with E-state index in [1.165, 1.54) is 16.6 Å². The lowest BCUT2D eigenvalue weighted by atomic mass is 10.1. The summed E-state index contributed by atoms with van der Waals surface area (Å²) < 4.78 is 48.5. The molecule has 13 heteroatoms. The van der Waals surface area contributed by atoms with Crippen molar-refractivity contribution in [1.29, 1.82) is 0 Å². The van der Waals surface area contributed by atoms with Gasteiger partial charge in [0.05, 0.1) is 31.6 Å². The van der Waals surface area contributed by atoms with Crippen molar-refractivity contribution in [2.24, 2.45) is 0 Å². The summed E-state index contributed by atoms with van der Waals surface area (Å²) in [6.07, 6.45) is 4.57. The highest BCUT2D eigenvalue weighted by molar-refractivity contribution is 7.88. The molecular weight excluding hydrogens is 535 g/mol. The molecule has 2 saturated heterocycles. The van der Waals surface area contributed by atoms with E-state index in [0.29, 0.717) is 67.8 Å². The zero-order valence-electron chi connectivity index (χ0n) is 23.1. The summed E-state index contributed by atoms with van der Waals surface area (Å²) in [6.45, 7) is 7.35. The fourth-order valence-corrected chi connectivity index (χ4v) is 6.59. The number of piperidine rings is 1. The number of morpholine rings is 1. The topological polar surface area (TPSA) is 112 Å². The predicted molar refractivity (Wildman–Crippen MR) is 152 cm³/mol. The third-order valence-electron chi connectivity index (χ3n) is 8.15. The van der Waals surface area contributed by atoms with Crippen molar-refractivity contribution >= 4 is 37.9 Å². The number of anilines is 1. The van der Waals surface area contributed by atoms with Gasteiger partial charge in [0, 0.05) is 62.9 Å². The van der Waals surface area contributed by atoms with E-state index in [1.54, 1.807) is 19.3 Å². The van der Waals surface area contributed by atoms with Crippen LogP contribution in [0, 0.1) is 5.82 Å². The van der Waals surface area contributed by atoms with E-state index in [0.717, 1.165) is 42.7 Å². The Labute approximate surface area is 233 Å². The number of nitrogens with zero attached hydrogens (tertiary/aromatic N) is 7. The molecule has 0 aliphatic carbocycles. The molecule has 4 aromatic rings. The minimum Gasteiger partial charge on any atom is -0.378 e. The number of aromatic amines is 1. The Hall–Kier alpha value is -3.13. The number of likely N-dealkylation sites (tertiary alicyclic amines) is 1. The molecule has 0 atom stereocenters. The summed E-state index contributed by atoms with van der Waals surface area (Å²) in [4.78, 5) is 22.5. The molecule has 2 aliphatic rings. The van der Waals surface area contributed by atoms with Gasteiger partial charge in [-0.2, -0.15) is 0 Å². The number of nitrogens with one attached hydrogen (secondary N) is 1. The summed E-state index contributed by atoms with van der Waals surface area (Å²) in [5, 5.41) is 0.733. The van der Waals surface area contributed by atoms with E-state index in [4.69, 9.17) is 19.7 Å². The predicted octanol–water partition coefficient (Wildman–Crippen LogP) is 2.83. The van der Waals surface area contributed by atoms with Crippen molar-refractivity contribution in [1.82, 2.24) is 33.7 Å². The van der Waals surface area contributed by atoms with Crippen molar-refractivity contribution < 1.29 is 17.5 Å².